The Labute approximate surface area is 82.3 Å². The first-order valence-corrected chi connectivity index (χ1v) is 4.89. The standard InChI is InChI=1S/C7H6O.CH4O4S/c8-6-7-4-2-1-3-5-7;1-5-6(2,3)4/h1-6H;1H3,(H,2,3,4). The third-order valence-electron chi connectivity index (χ3n) is 1.15. The third-order valence-corrected chi connectivity index (χ3v) is 1.57. The zero-order chi connectivity index (χ0) is 11.0. The van der Waals surface area contributed by atoms with E-state index < -0.39 is 10.4 Å². The predicted octanol–water partition coefficient (Wildman–Crippen LogP) is 0.935. The lowest BCUT2D eigenvalue weighted by atomic mass is 10.2. The zero-order valence-electron chi connectivity index (χ0n) is 7.45. The summed E-state index contributed by atoms with van der Waals surface area (Å²) in [5.74, 6) is 0. The van der Waals surface area contributed by atoms with Crippen molar-refractivity contribution in [3.05, 3.63) is 35.9 Å². The molecule has 0 spiro atoms. The lowest BCUT2D eigenvalue weighted by Gasteiger charge is -1.82. The summed E-state index contributed by atoms with van der Waals surface area (Å²) in [4.78, 5) is 10.0. The van der Waals surface area contributed by atoms with Crippen LogP contribution in [-0.2, 0) is 14.6 Å². The van der Waals surface area contributed by atoms with Crippen LogP contribution in [0.25, 0.3) is 0 Å². The van der Waals surface area contributed by atoms with Crippen molar-refractivity contribution >= 4 is 16.7 Å². The van der Waals surface area contributed by atoms with Gasteiger partial charge in [0.1, 0.15) is 6.29 Å². The molecule has 0 bridgehead atoms. The van der Waals surface area contributed by atoms with Crippen molar-refractivity contribution in [2.45, 2.75) is 0 Å². The third kappa shape index (κ3) is 7.41. The van der Waals surface area contributed by atoms with Crippen molar-refractivity contribution in [3.8, 4) is 0 Å². The number of aldehydes is 1. The molecule has 78 valence electrons. The molecule has 0 aliphatic heterocycles. The fraction of sp³-hybridized carbons (Fsp3) is 0.125. The molecule has 1 aromatic rings. The molecule has 0 fully saturated rings. The molecule has 0 aliphatic carbocycles. The summed E-state index contributed by atoms with van der Waals surface area (Å²) >= 11 is 0. The highest BCUT2D eigenvalue weighted by atomic mass is 32.3. The number of carbonyl (C=O) groups excluding carboxylic acids is 1. The Kier molecular flexibility index (Phi) is 5.70. The van der Waals surface area contributed by atoms with Crippen molar-refractivity contribution < 1.29 is 21.9 Å². The van der Waals surface area contributed by atoms with Crippen molar-refractivity contribution in [1.82, 2.24) is 0 Å². The highest BCUT2D eigenvalue weighted by Crippen LogP contribution is 1.91. The summed E-state index contributed by atoms with van der Waals surface area (Å²) in [6, 6.07) is 9.10. The smallest absolute Gasteiger partial charge is 0.298 e. The first kappa shape index (κ1) is 12.8. The fourth-order valence-corrected chi connectivity index (χ4v) is 0.532. The Bertz CT molecular complexity index is 357. The number of rotatable bonds is 2. The highest BCUT2D eigenvalue weighted by Gasteiger charge is 1.94. The second kappa shape index (κ2) is 6.25. The van der Waals surface area contributed by atoms with Crippen LogP contribution in [0.3, 0.4) is 0 Å². The maximum Gasteiger partial charge on any atom is 0.397 e. The summed E-state index contributed by atoms with van der Waals surface area (Å²) < 4.78 is 29.7. The van der Waals surface area contributed by atoms with E-state index in [2.05, 4.69) is 4.18 Å². The number of hydrogen-bond acceptors (Lipinski definition) is 4. The maximum absolute atomic E-state index is 10.0. The Hall–Kier alpha value is -1.24. The van der Waals surface area contributed by atoms with Crippen LogP contribution in [0.4, 0.5) is 0 Å². The van der Waals surface area contributed by atoms with E-state index in [0.29, 0.717) is 0 Å². The topological polar surface area (TPSA) is 80.7 Å². The zero-order valence-corrected chi connectivity index (χ0v) is 8.27. The summed E-state index contributed by atoms with van der Waals surface area (Å²) in [5, 5.41) is 0. The van der Waals surface area contributed by atoms with Crippen molar-refractivity contribution in [2.75, 3.05) is 7.11 Å². The van der Waals surface area contributed by atoms with Gasteiger partial charge >= 0.3 is 10.4 Å². The van der Waals surface area contributed by atoms with Crippen molar-refractivity contribution in [2.24, 2.45) is 0 Å². The molecule has 0 aromatic heterocycles. The predicted molar refractivity (Wildman–Crippen MR) is 50.4 cm³/mol. The minimum Gasteiger partial charge on any atom is -0.298 e. The van der Waals surface area contributed by atoms with E-state index in [0.717, 1.165) is 19.0 Å². The average Bonchev–Trinajstić information content (AvgIpc) is 2.19. The van der Waals surface area contributed by atoms with Crippen molar-refractivity contribution in [1.29, 1.82) is 0 Å². The number of carbonyl (C=O) groups is 1. The Morgan fingerprint density at radius 3 is 1.93 bits per heavy atom. The Morgan fingerprint density at radius 1 is 1.29 bits per heavy atom. The van der Waals surface area contributed by atoms with Crippen LogP contribution < -0.4 is 0 Å². The highest BCUT2D eigenvalue weighted by molar-refractivity contribution is 7.80. The second-order valence-corrected chi connectivity index (χ2v) is 3.31. The van der Waals surface area contributed by atoms with Gasteiger partial charge < -0.3 is 0 Å². The van der Waals surface area contributed by atoms with E-state index in [1.54, 1.807) is 12.1 Å². The molecule has 1 rings (SSSR count). The van der Waals surface area contributed by atoms with Crippen LogP contribution in [0.1, 0.15) is 10.4 Å². The van der Waals surface area contributed by atoms with Gasteiger partial charge in [0.25, 0.3) is 0 Å². The van der Waals surface area contributed by atoms with Crippen LogP contribution in [0.2, 0.25) is 0 Å². The van der Waals surface area contributed by atoms with Crippen LogP contribution in [0, 0.1) is 0 Å². The molecule has 0 unspecified atom stereocenters. The lowest BCUT2D eigenvalue weighted by Crippen LogP contribution is -1.96. The molecule has 14 heavy (non-hydrogen) atoms. The van der Waals surface area contributed by atoms with Crippen molar-refractivity contribution in [3.63, 3.8) is 0 Å². The molecule has 5 nitrogen and oxygen atoms in total. The molecule has 0 heterocycles. The lowest BCUT2D eigenvalue weighted by molar-refractivity contribution is 0.112. The van der Waals surface area contributed by atoms with E-state index >= 15 is 0 Å². The SMILES string of the molecule is COS(=O)(=O)O.O=Cc1ccccc1. The molecule has 1 aromatic carbocycles. The number of hydrogen-bond donors (Lipinski definition) is 1. The Balaban J connectivity index is 0.000000255. The van der Waals surface area contributed by atoms with Crippen LogP contribution in [0.15, 0.2) is 30.3 Å². The molecular weight excluding hydrogens is 208 g/mol. The van der Waals surface area contributed by atoms with Crippen LogP contribution >= 0.6 is 0 Å². The molecule has 0 atom stereocenters. The van der Waals surface area contributed by atoms with Gasteiger partial charge in [-0.25, -0.2) is 0 Å². The second-order valence-electron chi connectivity index (χ2n) is 2.12. The molecule has 0 aliphatic rings. The van der Waals surface area contributed by atoms with Crippen LogP contribution in [0.5, 0.6) is 0 Å². The summed E-state index contributed by atoms with van der Waals surface area (Å²) in [6.45, 7) is 0. The first-order valence-electron chi connectivity index (χ1n) is 3.53. The molecular formula is C8H10O5S. The largest absolute Gasteiger partial charge is 0.397 e. The summed E-state index contributed by atoms with van der Waals surface area (Å²) in [6.07, 6.45) is 0.833. The van der Waals surface area contributed by atoms with Gasteiger partial charge in [0.2, 0.25) is 0 Å². The molecule has 1 N–H and O–H groups in total. The van der Waals surface area contributed by atoms with Gasteiger partial charge in [0.05, 0.1) is 7.11 Å². The Morgan fingerprint density at radius 2 is 1.71 bits per heavy atom. The van der Waals surface area contributed by atoms with Gasteiger partial charge in [-0.1, -0.05) is 30.3 Å². The van der Waals surface area contributed by atoms with Gasteiger partial charge in [0, 0.05) is 5.56 Å². The molecule has 6 heteroatoms. The monoisotopic (exact) mass is 218 g/mol. The molecule has 0 amide bonds. The van der Waals surface area contributed by atoms with Gasteiger partial charge in [-0.05, 0) is 0 Å². The normalized spacial score (nSPS) is 9.86. The van der Waals surface area contributed by atoms with E-state index in [1.165, 1.54) is 0 Å². The number of benzene rings is 1. The van der Waals surface area contributed by atoms with Gasteiger partial charge in [-0.2, -0.15) is 8.42 Å². The molecule has 0 radical (unpaired) electrons. The minimum absolute atomic E-state index is 0.729. The molecule has 0 saturated carbocycles. The average molecular weight is 218 g/mol. The first-order chi connectivity index (χ1) is 6.49. The summed E-state index contributed by atoms with van der Waals surface area (Å²) in [5.41, 5.74) is 0.729. The maximum atomic E-state index is 10.0. The molecule has 0 saturated heterocycles. The van der Waals surface area contributed by atoms with Gasteiger partial charge in [-0.15, -0.1) is 0 Å². The van der Waals surface area contributed by atoms with Gasteiger partial charge in [0.15, 0.2) is 0 Å². The fourth-order valence-electron chi connectivity index (χ4n) is 0.532. The van der Waals surface area contributed by atoms with E-state index in [4.69, 9.17) is 4.55 Å². The van der Waals surface area contributed by atoms with Gasteiger partial charge in [-0.3, -0.25) is 13.5 Å². The summed E-state index contributed by atoms with van der Waals surface area (Å²) in [7, 11) is -3.29. The quantitative estimate of drug-likeness (QED) is 0.590. The van der Waals surface area contributed by atoms with E-state index in [-0.39, 0.29) is 0 Å². The van der Waals surface area contributed by atoms with E-state index in [9.17, 15) is 13.2 Å². The van der Waals surface area contributed by atoms with Crippen LogP contribution in [-0.4, -0.2) is 26.4 Å². The van der Waals surface area contributed by atoms with E-state index in [1.807, 2.05) is 18.2 Å². The minimum atomic E-state index is -4.16.